The standard InChI is InChI=1S/C33H28FN9O3S/c1-47(45,46)38-15-20-9-21(12-23(34)10-20)30-32-26(7-8-36-30)40-33(41-32)31-25-14-27(37-18-28(25)42-43-31)22-13-24(17-35-16-22)39-29(44)11-19-5-3-2-4-6-19/h2-10,12-14,16-18,29,38-39,44H,11,15H2,1H3,(H,40,41)(H,42,43). The number of benzene rings is 2. The summed E-state index contributed by atoms with van der Waals surface area (Å²) in [6.07, 6.45) is 7.28. The van der Waals surface area contributed by atoms with Crippen LogP contribution in [0.2, 0.25) is 0 Å². The summed E-state index contributed by atoms with van der Waals surface area (Å²) in [6.45, 7) is -0.0657. The number of imidazole rings is 1. The number of rotatable bonds is 10. The molecule has 0 amide bonds. The second-order valence-electron chi connectivity index (χ2n) is 11.1. The second kappa shape index (κ2) is 12.3. The first kappa shape index (κ1) is 30.1. The van der Waals surface area contributed by atoms with Crippen LogP contribution in [0, 0.1) is 5.82 Å². The van der Waals surface area contributed by atoms with E-state index in [2.05, 4.69) is 40.2 Å². The van der Waals surface area contributed by atoms with Crippen molar-refractivity contribution < 1.29 is 17.9 Å². The zero-order valence-electron chi connectivity index (χ0n) is 24.9. The van der Waals surface area contributed by atoms with Crippen molar-refractivity contribution >= 4 is 37.6 Å². The van der Waals surface area contributed by atoms with Crippen molar-refractivity contribution in [3.05, 3.63) is 108 Å². The van der Waals surface area contributed by atoms with Gasteiger partial charge in [0.2, 0.25) is 10.0 Å². The molecule has 7 rings (SSSR count). The molecule has 7 aromatic rings. The van der Waals surface area contributed by atoms with Gasteiger partial charge < -0.3 is 15.4 Å². The van der Waals surface area contributed by atoms with Gasteiger partial charge in [-0.2, -0.15) is 5.10 Å². The van der Waals surface area contributed by atoms with E-state index in [1.807, 2.05) is 42.5 Å². The van der Waals surface area contributed by atoms with Crippen LogP contribution in [0.15, 0.2) is 91.5 Å². The molecular formula is C33H28FN9O3S. The van der Waals surface area contributed by atoms with Gasteiger partial charge in [-0.3, -0.25) is 20.1 Å². The Hall–Kier alpha value is -5.57. The number of fused-ring (bicyclic) bond motifs is 2. The molecule has 0 aliphatic heterocycles. The SMILES string of the molecule is CS(=O)(=O)NCc1cc(F)cc(-c2nccc3[nH]c(-c4n[nH]c5cnc(-c6cncc(NC(O)Cc7ccccc7)c6)cc45)nc23)c1. The highest BCUT2D eigenvalue weighted by Crippen LogP contribution is 2.32. The highest BCUT2D eigenvalue weighted by molar-refractivity contribution is 7.88. The van der Waals surface area contributed by atoms with Gasteiger partial charge in [0.15, 0.2) is 5.82 Å². The van der Waals surface area contributed by atoms with Crippen LogP contribution in [0.25, 0.3) is 56.0 Å². The van der Waals surface area contributed by atoms with Crippen molar-refractivity contribution in [2.75, 3.05) is 11.6 Å². The van der Waals surface area contributed by atoms with E-state index in [9.17, 15) is 17.9 Å². The summed E-state index contributed by atoms with van der Waals surface area (Å²) < 4.78 is 40.2. The summed E-state index contributed by atoms with van der Waals surface area (Å²) in [4.78, 5) is 21.5. The van der Waals surface area contributed by atoms with Crippen LogP contribution in [0.3, 0.4) is 0 Å². The highest BCUT2D eigenvalue weighted by Gasteiger charge is 2.18. The van der Waals surface area contributed by atoms with Crippen LogP contribution in [0.4, 0.5) is 10.1 Å². The molecule has 236 valence electrons. The predicted molar refractivity (Wildman–Crippen MR) is 177 cm³/mol. The summed E-state index contributed by atoms with van der Waals surface area (Å²) in [7, 11) is -3.46. The Labute approximate surface area is 268 Å². The molecule has 0 fully saturated rings. The maximum Gasteiger partial charge on any atom is 0.209 e. The van der Waals surface area contributed by atoms with Gasteiger partial charge in [-0.1, -0.05) is 30.3 Å². The monoisotopic (exact) mass is 649 g/mol. The fourth-order valence-corrected chi connectivity index (χ4v) is 5.79. The van der Waals surface area contributed by atoms with Gasteiger partial charge in [0, 0.05) is 41.9 Å². The van der Waals surface area contributed by atoms with Crippen molar-refractivity contribution in [3.8, 4) is 34.0 Å². The normalized spacial score (nSPS) is 12.5. The highest BCUT2D eigenvalue weighted by atomic mass is 32.2. The van der Waals surface area contributed by atoms with Gasteiger partial charge in [-0.15, -0.1) is 0 Å². The predicted octanol–water partition coefficient (Wildman–Crippen LogP) is 4.79. The van der Waals surface area contributed by atoms with Gasteiger partial charge in [0.05, 0.1) is 46.8 Å². The lowest BCUT2D eigenvalue weighted by Gasteiger charge is -2.14. The Morgan fingerprint density at radius 1 is 0.915 bits per heavy atom. The van der Waals surface area contributed by atoms with Gasteiger partial charge in [-0.25, -0.2) is 22.5 Å². The average molecular weight is 650 g/mol. The van der Waals surface area contributed by atoms with Gasteiger partial charge in [-0.05, 0) is 47.5 Å². The molecule has 12 nitrogen and oxygen atoms in total. The number of anilines is 1. The minimum Gasteiger partial charge on any atom is -0.373 e. The van der Waals surface area contributed by atoms with Crippen LogP contribution >= 0.6 is 0 Å². The minimum atomic E-state index is -3.46. The van der Waals surface area contributed by atoms with E-state index in [-0.39, 0.29) is 6.54 Å². The number of nitrogens with zero attached hydrogens (tertiary/aromatic N) is 5. The second-order valence-corrected chi connectivity index (χ2v) is 12.9. The number of pyridine rings is 3. The van der Waals surface area contributed by atoms with Gasteiger partial charge >= 0.3 is 0 Å². The maximum absolute atomic E-state index is 14.6. The molecule has 14 heteroatoms. The number of aromatic amines is 2. The largest absolute Gasteiger partial charge is 0.373 e. The third-order valence-electron chi connectivity index (χ3n) is 7.48. The number of aromatic nitrogens is 7. The average Bonchev–Trinajstić information content (AvgIpc) is 3.68. The summed E-state index contributed by atoms with van der Waals surface area (Å²) in [5.74, 6) is -0.0641. The molecule has 0 aliphatic rings. The first-order valence-electron chi connectivity index (χ1n) is 14.6. The van der Waals surface area contributed by atoms with Crippen LogP contribution in [0.5, 0.6) is 0 Å². The lowest BCUT2D eigenvalue weighted by molar-refractivity contribution is 0.204. The van der Waals surface area contributed by atoms with Crippen molar-refractivity contribution in [1.29, 1.82) is 0 Å². The zero-order valence-corrected chi connectivity index (χ0v) is 25.8. The van der Waals surface area contributed by atoms with E-state index < -0.39 is 22.1 Å². The van der Waals surface area contributed by atoms with Crippen LogP contribution < -0.4 is 10.0 Å². The van der Waals surface area contributed by atoms with Crippen molar-refractivity contribution in [3.63, 3.8) is 0 Å². The van der Waals surface area contributed by atoms with E-state index in [0.29, 0.717) is 62.7 Å². The molecular weight excluding hydrogens is 621 g/mol. The third kappa shape index (κ3) is 6.70. The molecule has 5 aromatic heterocycles. The number of hydrogen-bond donors (Lipinski definition) is 5. The Morgan fingerprint density at radius 2 is 1.77 bits per heavy atom. The lowest BCUT2D eigenvalue weighted by atomic mass is 10.1. The van der Waals surface area contributed by atoms with Crippen LogP contribution in [0.1, 0.15) is 11.1 Å². The molecule has 5 N–H and O–H groups in total. The Balaban J connectivity index is 1.19. The molecule has 0 aliphatic carbocycles. The minimum absolute atomic E-state index is 0.0657. The number of H-pyrrole nitrogens is 2. The van der Waals surface area contributed by atoms with E-state index in [1.54, 1.807) is 36.9 Å². The van der Waals surface area contributed by atoms with Gasteiger partial charge in [0.1, 0.15) is 23.3 Å². The molecule has 0 saturated carbocycles. The first-order chi connectivity index (χ1) is 22.7. The molecule has 47 heavy (non-hydrogen) atoms. The van der Waals surface area contributed by atoms with Crippen LogP contribution in [-0.2, 0) is 23.0 Å². The number of aliphatic hydroxyl groups is 1. The summed E-state index contributed by atoms with van der Waals surface area (Å²) in [5, 5.41) is 22.0. The molecule has 1 unspecified atom stereocenters. The molecule has 0 radical (unpaired) electrons. The lowest BCUT2D eigenvalue weighted by Crippen LogP contribution is -2.21. The molecule has 0 bridgehead atoms. The molecule has 2 aromatic carbocycles. The van der Waals surface area contributed by atoms with E-state index in [1.165, 1.54) is 12.1 Å². The first-order valence-corrected chi connectivity index (χ1v) is 16.5. The quantitative estimate of drug-likeness (QED) is 0.131. The third-order valence-corrected chi connectivity index (χ3v) is 8.15. The molecule has 5 heterocycles. The van der Waals surface area contributed by atoms with Gasteiger partial charge in [0.25, 0.3) is 0 Å². The Kier molecular flexibility index (Phi) is 7.89. The van der Waals surface area contributed by atoms with Crippen molar-refractivity contribution in [2.24, 2.45) is 0 Å². The van der Waals surface area contributed by atoms with E-state index in [4.69, 9.17) is 4.98 Å². The number of nitrogens with one attached hydrogen (secondary N) is 4. The molecule has 0 spiro atoms. The topological polar surface area (TPSA) is 174 Å². The fourth-order valence-electron chi connectivity index (χ4n) is 5.36. The van der Waals surface area contributed by atoms with Crippen molar-refractivity contribution in [2.45, 2.75) is 19.2 Å². The van der Waals surface area contributed by atoms with Crippen molar-refractivity contribution in [1.82, 2.24) is 39.8 Å². The number of halogens is 1. The summed E-state index contributed by atoms with van der Waals surface area (Å²) in [6, 6.07) is 19.5. The maximum atomic E-state index is 14.6. The molecule has 1 atom stereocenters. The number of aliphatic hydroxyl groups excluding tert-OH is 1. The summed E-state index contributed by atoms with van der Waals surface area (Å²) >= 11 is 0. The Bertz CT molecular complexity index is 2340. The Morgan fingerprint density at radius 3 is 2.60 bits per heavy atom. The smallest absolute Gasteiger partial charge is 0.209 e. The number of sulfonamides is 1. The fraction of sp³-hybridized carbons (Fsp3) is 0.121. The number of hydrogen-bond acceptors (Lipinski definition) is 9. The van der Waals surface area contributed by atoms with E-state index in [0.717, 1.165) is 22.8 Å². The molecule has 0 saturated heterocycles. The van der Waals surface area contributed by atoms with Crippen LogP contribution in [-0.4, -0.2) is 61.1 Å². The van der Waals surface area contributed by atoms with E-state index >= 15 is 0 Å². The summed E-state index contributed by atoms with van der Waals surface area (Å²) in [5.41, 5.74) is 6.74. The zero-order chi connectivity index (χ0) is 32.5.